The number of benzene rings is 1. The van der Waals surface area contributed by atoms with E-state index in [1.807, 2.05) is 0 Å². The number of nitrogens with one attached hydrogen (secondary N) is 1. The Labute approximate surface area is 204 Å². The number of hydrogen-bond donors (Lipinski definition) is 1. The lowest BCUT2D eigenvalue weighted by molar-refractivity contribution is -0.139. The Morgan fingerprint density at radius 2 is 1.79 bits per heavy atom. The van der Waals surface area contributed by atoms with Crippen molar-refractivity contribution in [2.75, 3.05) is 11.9 Å². The molecule has 0 aliphatic rings. The summed E-state index contributed by atoms with van der Waals surface area (Å²) in [6.07, 6.45) is 2.50. The van der Waals surface area contributed by atoms with Crippen LogP contribution in [0.25, 0.3) is 11.3 Å². The van der Waals surface area contributed by atoms with Crippen LogP contribution in [0.5, 0.6) is 0 Å². The first-order valence-electron chi connectivity index (χ1n) is 11.0. The van der Waals surface area contributed by atoms with Crippen molar-refractivity contribution >= 4 is 31.4 Å². The third-order valence-electron chi connectivity index (χ3n) is 5.26. The number of rotatable bonds is 10. The van der Waals surface area contributed by atoms with Crippen LogP contribution in [0, 0.1) is 6.92 Å². The number of anilines is 1. The summed E-state index contributed by atoms with van der Waals surface area (Å²) >= 11 is 5.83. The van der Waals surface area contributed by atoms with E-state index in [9.17, 15) is 13.6 Å². The van der Waals surface area contributed by atoms with E-state index >= 15 is 0 Å². The Bertz CT molecular complexity index is 1120. The molecule has 182 valence electrons. The summed E-state index contributed by atoms with van der Waals surface area (Å²) in [4.78, 5) is 16.7. The zero-order valence-electron chi connectivity index (χ0n) is 19.7. The molecule has 10 heteroatoms. The maximum absolute atomic E-state index is 14.8. The highest BCUT2D eigenvalue weighted by Gasteiger charge is 2.40. The lowest BCUT2D eigenvalue weighted by atomic mass is 10.1. The molecule has 0 unspecified atom stereocenters. The van der Waals surface area contributed by atoms with Crippen LogP contribution in [0.3, 0.4) is 0 Å². The third kappa shape index (κ3) is 6.94. The number of nitrogens with zero attached hydrogens (tertiary/aromatic N) is 3. The van der Waals surface area contributed by atoms with Gasteiger partial charge in [0.25, 0.3) is 5.91 Å². The second-order valence-corrected chi connectivity index (χ2v) is 15.4. The fraction of sp³-hybridized carbons (Fsp3) is 0.375. The normalized spacial score (nSPS) is 12.1. The quantitative estimate of drug-likeness (QED) is 0.269. The van der Waals surface area contributed by atoms with Gasteiger partial charge in [0.15, 0.2) is 0 Å². The monoisotopic (exact) mass is 506 g/mol. The van der Waals surface area contributed by atoms with Crippen LogP contribution >= 0.6 is 11.6 Å². The van der Waals surface area contributed by atoms with Crippen molar-refractivity contribution in [3.05, 3.63) is 64.9 Å². The lowest BCUT2D eigenvalue weighted by Crippen LogP contribution is -2.37. The molecule has 0 bridgehead atoms. The molecule has 0 saturated carbocycles. The van der Waals surface area contributed by atoms with Gasteiger partial charge in [0.1, 0.15) is 12.5 Å². The number of carbonyl (C=O) groups is 1. The van der Waals surface area contributed by atoms with Crippen molar-refractivity contribution in [1.29, 1.82) is 0 Å². The first-order chi connectivity index (χ1) is 16.0. The van der Waals surface area contributed by atoms with Gasteiger partial charge >= 0.3 is 5.92 Å². The van der Waals surface area contributed by atoms with Crippen LogP contribution in [0.2, 0.25) is 30.7 Å². The average Bonchev–Trinajstić information content (AvgIpc) is 3.08. The Kier molecular flexibility index (Phi) is 8.22. The van der Waals surface area contributed by atoms with E-state index in [1.165, 1.54) is 28.9 Å². The predicted octanol–water partition coefficient (Wildman–Crippen LogP) is 6.04. The van der Waals surface area contributed by atoms with Gasteiger partial charge in [-0.3, -0.25) is 9.78 Å². The molecule has 0 aliphatic carbocycles. The van der Waals surface area contributed by atoms with Gasteiger partial charge in [-0.2, -0.15) is 13.9 Å². The molecule has 3 rings (SSSR count). The Balaban J connectivity index is 1.83. The van der Waals surface area contributed by atoms with Gasteiger partial charge in [-0.1, -0.05) is 43.4 Å². The van der Waals surface area contributed by atoms with E-state index < -0.39 is 26.3 Å². The molecule has 0 aliphatic heterocycles. The highest BCUT2D eigenvalue weighted by Crippen LogP contribution is 2.30. The SMILES string of the molecule is Cc1c(-c2ccncc2)nn(COCC[Si](C)(C)C)c1NC(=O)C(F)(F)Cc1ccc(Cl)cc1. The molecular weight excluding hydrogens is 478 g/mol. The molecule has 0 radical (unpaired) electrons. The number of alkyl halides is 2. The zero-order chi connectivity index (χ0) is 24.9. The summed E-state index contributed by atoms with van der Waals surface area (Å²) in [7, 11) is -1.30. The number of hydrogen-bond acceptors (Lipinski definition) is 4. The van der Waals surface area contributed by atoms with Crippen molar-refractivity contribution in [1.82, 2.24) is 14.8 Å². The smallest absolute Gasteiger partial charge is 0.328 e. The van der Waals surface area contributed by atoms with Gasteiger partial charge in [0.05, 0.1) is 5.69 Å². The minimum absolute atomic E-state index is 0.0365. The summed E-state index contributed by atoms with van der Waals surface area (Å²) in [5, 5.41) is 7.38. The third-order valence-corrected chi connectivity index (χ3v) is 7.21. The molecule has 1 amide bonds. The first-order valence-corrected chi connectivity index (χ1v) is 15.0. The fourth-order valence-electron chi connectivity index (χ4n) is 3.25. The van der Waals surface area contributed by atoms with Gasteiger partial charge in [-0.15, -0.1) is 0 Å². The molecule has 1 N–H and O–H groups in total. The highest BCUT2D eigenvalue weighted by atomic mass is 35.5. The van der Waals surface area contributed by atoms with Gasteiger partial charge in [-0.25, -0.2) is 4.68 Å². The fourth-order valence-corrected chi connectivity index (χ4v) is 4.14. The van der Waals surface area contributed by atoms with Gasteiger partial charge in [0, 0.05) is 49.6 Å². The van der Waals surface area contributed by atoms with E-state index in [-0.39, 0.29) is 12.5 Å². The molecule has 34 heavy (non-hydrogen) atoms. The number of amides is 1. The number of ether oxygens (including phenoxy) is 1. The Morgan fingerprint density at radius 3 is 2.41 bits per heavy atom. The minimum atomic E-state index is -3.63. The number of aromatic nitrogens is 3. The summed E-state index contributed by atoms with van der Waals surface area (Å²) in [6, 6.07) is 10.5. The second kappa shape index (κ2) is 10.8. The molecular formula is C24H29ClF2N4O2Si. The highest BCUT2D eigenvalue weighted by molar-refractivity contribution is 6.76. The predicted molar refractivity (Wildman–Crippen MR) is 133 cm³/mol. The number of pyridine rings is 1. The van der Waals surface area contributed by atoms with Gasteiger partial charge < -0.3 is 10.1 Å². The standard InChI is InChI=1S/C24H29ClF2N4O2Si/c1-17-21(19-9-11-28-12-10-19)30-31(16-33-13-14-34(2,3)4)22(17)29-23(32)24(26,27)15-18-5-7-20(25)8-6-18/h5-12H,13-16H2,1-4H3,(H,29,32). The molecule has 0 fully saturated rings. The van der Waals surface area contributed by atoms with Crippen LogP contribution in [0.15, 0.2) is 48.8 Å². The Morgan fingerprint density at radius 1 is 1.15 bits per heavy atom. The topological polar surface area (TPSA) is 69.0 Å². The molecule has 3 aromatic rings. The van der Waals surface area contributed by atoms with E-state index in [0.717, 1.165) is 11.6 Å². The van der Waals surface area contributed by atoms with Crippen molar-refractivity contribution in [2.45, 2.75) is 51.7 Å². The zero-order valence-corrected chi connectivity index (χ0v) is 21.5. The summed E-state index contributed by atoms with van der Waals surface area (Å²) in [5.41, 5.74) is 2.20. The van der Waals surface area contributed by atoms with Crippen molar-refractivity contribution in [3.63, 3.8) is 0 Å². The van der Waals surface area contributed by atoms with E-state index in [2.05, 4.69) is 35.0 Å². The number of halogens is 3. The molecule has 1 aromatic carbocycles. The summed E-state index contributed by atoms with van der Waals surface area (Å²) in [6.45, 7) is 9.02. The largest absolute Gasteiger partial charge is 0.359 e. The summed E-state index contributed by atoms with van der Waals surface area (Å²) in [5.74, 6) is -4.86. The van der Waals surface area contributed by atoms with Gasteiger partial charge in [-0.05, 0) is 42.8 Å². The van der Waals surface area contributed by atoms with E-state index in [0.29, 0.717) is 28.5 Å². The van der Waals surface area contributed by atoms with E-state index in [1.54, 1.807) is 31.5 Å². The maximum Gasteiger partial charge on any atom is 0.328 e. The van der Waals surface area contributed by atoms with Crippen LogP contribution in [0.1, 0.15) is 11.1 Å². The minimum Gasteiger partial charge on any atom is -0.359 e. The lowest BCUT2D eigenvalue weighted by Gasteiger charge is -2.18. The first kappa shape index (κ1) is 26.0. The average molecular weight is 507 g/mol. The maximum atomic E-state index is 14.8. The second-order valence-electron chi connectivity index (χ2n) is 9.37. The van der Waals surface area contributed by atoms with Crippen LogP contribution in [-0.2, 0) is 22.7 Å². The van der Waals surface area contributed by atoms with Gasteiger partial charge in [0.2, 0.25) is 0 Å². The molecule has 0 saturated heterocycles. The molecule has 0 atom stereocenters. The Hall–Kier alpha value is -2.62. The molecule has 0 spiro atoms. The molecule has 2 aromatic heterocycles. The van der Waals surface area contributed by atoms with E-state index in [4.69, 9.17) is 16.3 Å². The van der Waals surface area contributed by atoms with Crippen LogP contribution in [-0.4, -0.2) is 41.3 Å². The summed E-state index contributed by atoms with van der Waals surface area (Å²) < 4.78 is 36.8. The number of carbonyl (C=O) groups excluding carboxylic acids is 1. The van der Waals surface area contributed by atoms with Crippen molar-refractivity contribution < 1.29 is 18.3 Å². The van der Waals surface area contributed by atoms with Crippen LogP contribution < -0.4 is 5.32 Å². The molecule has 6 nitrogen and oxygen atoms in total. The van der Waals surface area contributed by atoms with Crippen molar-refractivity contribution in [3.8, 4) is 11.3 Å². The molecule has 2 heterocycles. The van der Waals surface area contributed by atoms with Crippen LogP contribution in [0.4, 0.5) is 14.6 Å². The van der Waals surface area contributed by atoms with Crippen molar-refractivity contribution in [2.24, 2.45) is 0 Å².